The highest BCUT2D eigenvalue weighted by atomic mass is 32.2. The van der Waals surface area contributed by atoms with Crippen molar-refractivity contribution < 1.29 is 27.3 Å². The smallest absolute Gasteiger partial charge is 0.291 e. The molecule has 1 saturated heterocycles. The Morgan fingerprint density at radius 3 is 2.53 bits per heavy atom. The van der Waals surface area contributed by atoms with Gasteiger partial charge in [-0.25, -0.2) is 8.42 Å². The lowest BCUT2D eigenvalue weighted by molar-refractivity contribution is -0.385. The fourth-order valence-electron chi connectivity index (χ4n) is 3.59. The topological polar surface area (TPSA) is 132 Å². The number of non-ortho nitro benzene ring substituents is 1. The number of nitrogens with one attached hydrogen (secondary N) is 1. The number of fused-ring (bicyclic) bond motifs is 1. The van der Waals surface area contributed by atoms with Gasteiger partial charge in [-0.1, -0.05) is 12.1 Å². The van der Waals surface area contributed by atoms with Crippen molar-refractivity contribution in [2.24, 2.45) is 0 Å². The lowest BCUT2D eigenvalue weighted by atomic mass is 10.1. The van der Waals surface area contributed by atoms with Crippen LogP contribution in [-0.4, -0.2) is 50.5 Å². The maximum atomic E-state index is 13.3. The summed E-state index contributed by atoms with van der Waals surface area (Å²) in [4.78, 5) is 25.0. The van der Waals surface area contributed by atoms with Crippen molar-refractivity contribution >= 4 is 38.3 Å². The van der Waals surface area contributed by atoms with Crippen LogP contribution in [-0.2, 0) is 14.8 Å². The van der Waals surface area contributed by atoms with E-state index < -0.39 is 20.9 Å². The van der Waals surface area contributed by atoms with Gasteiger partial charge in [0.25, 0.3) is 21.6 Å². The van der Waals surface area contributed by atoms with E-state index in [9.17, 15) is 23.3 Å². The SMILES string of the molecule is Cc1cc([N+](=O)[O-])cc(S(=O)(=O)Nc2c(C(=O)N3CCOCC3)oc3ccccc23)c1C. The summed E-state index contributed by atoms with van der Waals surface area (Å²) < 4.78 is 40.1. The monoisotopic (exact) mass is 459 g/mol. The Labute approximate surface area is 184 Å². The molecule has 168 valence electrons. The van der Waals surface area contributed by atoms with E-state index in [0.29, 0.717) is 48.4 Å². The Morgan fingerprint density at radius 1 is 1.16 bits per heavy atom. The predicted molar refractivity (Wildman–Crippen MR) is 116 cm³/mol. The van der Waals surface area contributed by atoms with Crippen molar-refractivity contribution in [1.82, 2.24) is 4.90 Å². The molecule has 1 aliphatic rings. The van der Waals surface area contributed by atoms with E-state index in [1.807, 2.05) is 0 Å². The number of hydrogen-bond acceptors (Lipinski definition) is 7. The van der Waals surface area contributed by atoms with Crippen LogP contribution in [0.2, 0.25) is 0 Å². The standard InChI is InChI=1S/C21H21N3O7S/c1-13-11-15(24(26)27)12-18(14(13)2)32(28,29)22-19-16-5-3-4-6-17(16)31-20(19)21(25)23-7-9-30-10-8-23/h3-6,11-12,22H,7-10H2,1-2H3. The lowest BCUT2D eigenvalue weighted by Crippen LogP contribution is -2.40. The summed E-state index contributed by atoms with van der Waals surface area (Å²) in [6, 6.07) is 9.00. The zero-order valence-electron chi connectivity index (χ0n) is 17.5. The number of rotatable bonds is 5. The highest BCUT2D eigenvalue weighted by Crippen LogP contribution is 2.35. The Kier molecular flexibility index (Phi) is 5.61. The number of furan rings is 1. The fourth-order valence-corrected chi connectivity index (χ4v) is 5.01. The molecular formula is C21H21N3O7S. The van der Waals surface area contributed by atoms with Crippen LogP contribution in [0.25, 0.3) is 11.0 Å². The highest BCUT2D eigenvalue weighted by Gasteiger charge is 2.30. The molecule has 2 heterocycles. The third-order valence-corrected chi connectivity index (χ3v) is 6.91. The van der Waals surface area contributed by atoms with Gasteiger partial charge in [0.05, 0.1) is 23.0 Å². The maximum Gasteiger partial charge on any atom is 0.291 e. The van der Waals surface area contributed by atoms with Gasteiger partial charge in [-0.2, -0.15) is 0 Å². The Hall–Kier alpha value is -3.44. The van der Waals surface area contributed by atoms with E-state index in [4.69, 9.17) is 9.15 Å². The van der Waals surface area contributed by atoms with Crippen LogP contribution in [0, 0.1) is 24.0 Å². The molecular weight excluding hydrogens is 438 g/mol. The summed E-state index contributed by atoms with van der Waals surface area (Å²) in [7, 11) is -4.28. The number of carbonyl (C=O) groups is 1. The number of nitro benzene ring substituents is 1. The molecule has 4 rings (SSSR count). The van der Waals surface area contributed by atoms with Gasteiger partial charge in [-0.3, -0.25) is 19.6 Å². The average molecular weight is 459 g/mol. The van der Waals surface area contributed by atoms with E-state index in [2.05, 4.69) is 4.72 Å². The van der Waals surface area contributed by atoms with Crippen molar-refractivity contribution in [3.05, 3.63) is 63.4 Å². The van der Waals surface area contributed by atoms with Gasteiger partial charge in [0, 0.05) is 30.6 Å². The number of anilines is 1. The number of hydrogen-bond donors (Lipinski definition) is 1. The Morgan fingerprint density at radius 2 is 1.84 bits per heavy atom. The van der Waals surface area contributed by atoms with E-state index in [0.717, 1.165) is 6.07 Å². The number of sulfonamides is 1. The third-order valence-electron chi connectivity index (χ3n) is 5.43. The molecule has 0 spiro atoms. The highest BCUT2D eigenvalue weighted by molar-refractivity contribution is 7.92. The number of nitro groups is 1. The minimum Gasteiger partial charge on any atom is -0.449 e. The van der Waals surface area contributed by atoms with Crippen LogP contribution >= 0.6 is 0 Å². The van der Waals surface area contributed by atoms with Gasteiger partial charge in [-0.05, 0) is 37.1 Å². The molecule has 1 amide bonds. The number of para-hydroxylation sites is 1. The third kappa shape index (κ3) is 3.92. The quantitative estimate of drug-likeness (QED) is 0.457. The first-order chi connectivity index (χ1) is 15.2. The molecule has 10 nitrogen and oxygen atoms in total. The Balaban J connectivity index is 1.82. The van der Waals surface area contributed by atoms with Crippen molar-refractivity contribution in [3.8, 4) is 0 Å². The number of morpholine rings is 1. The second-order valence-electron chi connectivity index (χ2n) is 7.46. The van der Waals surface area contributed by atoms with Crippen LogP contribution in [0.4, 0.5) is 11.4 Å². The molecule has 0 aliphatic carbocycles. The van der Waals surface area contributed by atoms with Crippen LogP contribution in [0.1, 0.15) is 21.7 Å². The molecule has 0 unspecified atom stereocenters. The van der Waals surface area contributed by atoms with Crippen LogP contribution in [0.15, 0.2) is 45.7 Å². The minimum atomic E-state index is -4.28. The van der Waals surface area contributed by atoms with Gasteiger partial charge >= 0.3 is 0 Å². The normalized spacial score (nSPS) is 14.5. The van der Waals surface area contributed by atoms with Gasteiger partial charge in [0.15, 0.2) is 0 Å². The molecule has 0 bridgehead atoms. The van der Waals surface area contributed by atoms with Crippen molar-refractivity contribution in [1.29, 1.82) is 0 Å². The van der Waals surface area contributed by atoms with E-state index in [-0.39, 0.29) is 22.0 Å². The molecule has 11 heteroatoms. The molecule has 1 aromatic heterocycles. The second kappa shape index (κ2) is 8.24. The molecule has 0 saturated carbocycles. The largest absolute Gasteiger partial charge is 0.449 e. The molecule has 3 aromatic rings. The lowest BCUT2D eigenvalue weighted by Gasteiger charge is -2.26. The summed E-state index contributed by atoms with van der Waals surface area (Å²) in [6.45, 7) is 4.62. The Bertz CT molecular complexity index is 1320. The molecule has 32 heavy (non-hydrogen) atoms. The summed E-state index contributed by atoms with van der Waals surface area (Å²) in [5.41, 5.74) is 0.836. The zero-order valence-corrected chi connectivity index (χ0v) is 18.3. The van der Waals surface area contributed by atoms with Crippen molar-refractivity contribution in [3.63, 3.8) is 0 Å². The molecule has 1 N–H and O–H groups in total. The molecule has 1 aliphatic heterocycles. The molecule has 0 radical (unpaired) electrons. The molecule has 1 fully saturated rings. The van der Waals surface area contributed by atoms with Gasteiger partial charge in [0.1, 0.15) is 11.3 Å². The van der Waals surface area contributed by atoms with Crippen LogP contribution < -0.4 is 4.72 Å². The first-order valence-electron chi connectivity index (χ1n) is 9.86. The number of nitrogens with zero attached hydrogens (tertiary/aromatic N) is 2. The minimum absolute atomic E-state index is 0.000603. The number of aryl methyl sites for hydroxylation is 1. The summed E-state index contributed by atoms with van der Waals surface area (Å²) in [5, 5.41) is 11.7. The van der Waals surface area contributed by atoms with Gasteiger partial charge in [0.2, 0.25) is 5.76 Å². The molecule has 2 aromatic carbocycles. The summed E-state index contributed by atoms with van der Waals surface area (Å²) in [6.07, 6.45) is 0. The molecule has 0 atom stereocenters. The van der Waals surface area contributed by atoms with Crippen molar-refractivity contribution in [2.75, 3.05) is 31.0 Å². The predicted octanol–water partition coefficient (Wildman–Crippen LogP) is 3.23. The van der Waals surface area contributed by atoms with E-state index in [1.54, 1.807) is 38.1 Å². The number of amides is 1. The average Bonchev–Trinajstić information content (AvgIpc) is 3.13. The van der Waals surface area contributed by atoms with Crippen molar-refractivity contribution in [2.45, 2.75) is 18.7 Å². The maximum absolute atomic E-state index is 13.3. The van der Waals surface area contributed by atoms with Crippen LogP contribution in [0.5, 0.6) is 0 Å². The fraction of sp³-hybridized carbons (Fsp3) is 0.286. The first-order valence-corrected chi connectivity index (χ1v) is 11.3. The first kappa shape index (κ1) is 21.8. The van der Waals surface area contributed by atoms with E-state index >= 15 is 0 Å². The van der Waals surface area contributed by atoms with Crippen LogP contribution in [0.3, 0.4) is 0 Å². The summed E-state index contributed by atoms with van der Waals surface area (Å²) in [5.74, 6) is -0.606. The van der Waals surface area contributed by atoms with Gasteiger partial charge < -0.3 is 14.1 Å². The number of carbonyl (C=O) groups excluding carboxylic acids is 1. The second-order valence-corrected chi connectivity index (χ2v) is 9.11. The number of benzene rings is 2. The van der Waals surface area contributed by atoms with E-state index in [1.165, 1.54) is 11.0 Å². The summed E-state index contributed by atoms with van der Waals surface area (Å²) >= 11 is 0. The van der Waals surface area contributed by atoms with Gasteiger partial charge in [-0.15, -0.1) is 0 Å². The zero-order chi connectivity index (χ0) is 23.0. The number of ether oxygens (including phenoxy) is 1.